The summed E-state index contributed by atoms with van der Waals surface area (Å²) in [7, 11) is 2.09. The van der Waals surface area contributed by atoms with Crippen LogP contribution >= 0.6 is 11.6 Å². The number of hydrogen-bond donors (Lipinski definition) is 1. The third-order valence-corrected chi connectivity index (χ3v) is 3.45. The number of nitrogens with zero attached hydrogens (tertiary/aromatic N) is 2. The minimum Gasteiger partial charge on any atom is -0.360 e. The molecule has 4 heteroatoms. The van der Waals surface area contributed by atoms with E-state index in [1.165, 1.54) is 19.3 Å². The van der Waals surface area contributed by atoms with E-state index in [0.29, 0.717) is 6.04 Å². The second kappa shape index (κ2) is 8.39. The van der Waals surface area contributed by atoms with Crippen molar-refractivity contribution in [1.82, 2.24) is 10.3 Å². The molecule has 0 unspecified atom stereocenters. The number of rotatable bonds is 8. The molecule has 0 radical (unpaired) electrons. The molecule has 0 spiro atoms. The molecule has 0 bridgehead atoms. The Morgan fingerprint density at radius 3 is 2.74 bits per heavy atom. The van der Waals surface area contributed by atoms with Crippen LogP contribution in [0.25, 0.3) is 0 Å². The third-order valence-electron chi connectivity index (χ3n) is 3.11. The highest BCUT2D eigenvalue weighted by Crippen LogP contribution is 2.20. The maximum Gasteiger partial charge on any atom is 0.128 e. The summed E-state index contributed by atoms with van der Waals surface area (Å²) in [5.41, 5.74) is 1.11. The van der Waals surface area contributed by atoms with Crippen molar-refractivity contribution < 1.29 is 0 Å². The van der Waals surface area contributed by atoms with Crippen LogP contribution < -0.4 is 10.2 Å². The molecule has 0 aliphatic rings. The molecule has 0 amide bonds. The van der Waals surface area contributed by atoms with Crippen LogP contribution in [0.3, 0.4) is 0 Å². The lowest BCUT2D eigenvalue weighted by Gasteiger charge is -2.19. The van der Waals surface area contributed by atoms with Crippen LogP contribution in [-0.4, -0.2) is 24.6 Å². The molecule has 1 aromatic rings. The topological polar surface area (TPSA) is 28.2 Å². The highest BCUT2D eigenvalue weighted by atomic mass is 35.5. The molecule has 0 saturated heterocycles. The van der Waals surface area contributed by atoms with E-state index < -0.39 is 0 Å². The van der Waals surface area contributed by atoms with Crippen molar-refractivity contribution in [2.24, 2.45) is 0 Å². The Bertz CT molecular complexity index is 380. The quantitative estimate of drug-likeness (QED) is 0.734. The fourth-order valence-electron chi connectivity index (χ4n) is 1.84. The fraction of sp³-hybridized carbons (Fsp3) is 0.667. The molecule has 1 heterocycles. The number of aromatic nitrogens is 1. The Hall–Kier alpha value is -0.800. The third kappa shape index (κ3) is 5.79. The summed E-state index contributed by atoms with van der Waals surface area (Å²) >= 11 is 6.19. The van der Waals surface area contributed by atoms with Gasteiger partial charge >= 0.3 is 0 Å². The van der Waals surface area contributed by atoms with Gasteiger partial charge in [-0.2, -0.15) is 0 Å². The summed E-state index contributed by atoms with van der Waals surface area (Å²) in [6.45, 7) is 8.31. The van der Waals surface area contributed by atoms with E-state index >= 15 is 0 Å². The maximum atomic E-state index is 6.19. The first-order valence-corrected chi connectivity index (χ1v) is 7.51. The van der Waals surface area contributed by atoms with Crippen molar-refractivity contribution in [3.05, 3.63) is 22.8 Å². The first-order chi connectivity index (χ1) is 9.04. The number of halogens is 1. The highest BCUT2D eigenvalue weighted by Gasteiger charge is 2.07. The number of unbranched alkanes of at least 4 members (excludes halogenated alkanes) is 2. The first kappa shape index (κ1) is 16.3. The largest absolute Gasteiger partial charge is 0.360 e. The minimum absolute atomic E-state index is 0.454. The average molecular weight is 284 g/mol. The van der Waals surface area contributed by atoms with Gasteiger partial charge < -0.3 is 10.2 Å². The molecular formula is C15H26ClN3. The fourth-order valence-corrected chi connectivity index (χ4v) is 2.01. The first-order valence-electron chi connectivity index (χ1n) is 7.13. The average Bonchev–Trinajstić information content (AvgIpc) is 2.37. The Kier molecular flexibility index (Phi) is 7.17. The van der Waals surface area contributed by atoms with Crippen LogP contribution in [-0.2, 0) is 6.54 Å². The van der Waals surface area contributed by atoms with Crippen LogP contribution in [0, 0.1) is 0 Å². The van der Waals surface area contributed by atoms with Gasteiger partial charge in [-0.05, 0) is 18.1 Å². The van der Waals surface area contributed by atoms with Crippen molar-refractivity contribution in [3.63, 3.8) is 0 Å². The molecule has 19 heavy (non-hydrogen) atoms. The SMILES string of the molecule is CCCCCN(C)c1cc(CNC(C)C)c(Cl)cn1. The van der Waals surface area contributed by atoms with Crippen LogP contribution in [0.2, 0.25) is 5.02 Å². The van der Waals surface area contributed by atoms with Gasteiger partial charge in [-0.25, -0.2) is 4.98 Å². The Balaban J connectivity index is 2.66. The molecule has 1 aromatic heterocycles. The van der Waals surface area contributed by atoms with E-state index in [1.807, 2.05) is 0 Å². The molecule has 0 aliphatic carbocycles. The lowest BCUT2D eigenvalue weighted by molar-refractivity contribution is 0.588. The second-order valence-electron chi connectivity index (χ2n) is 5.30. The zero-order valence-electron chi connectivity index (χ0n) is 12.5. The van der Waals surface area contributed by atoms with Gasteiger partial charge in [0.2, 0.25) is 0 Å². The summed E-state index contributed by atoms with van der Waals surface area (Å²) in [5, 5.41) is 4.13. The van der Waals surface area contributed by atoms with Crippen LogP contribution in [0.1, 0.15) is 45.6 Å². The van der Waals surface area contributed by atoms with Crippen LogP contribution in [0.15, 0.2) is 12.3 Å². The second-order valence-corrected chi connectivity index (χ2v) is 5.71. The summed E-state index contributed by atoms with van der Waals surface area (Å²) < 4.78 is 0. The summed E-state index contributed by atoms with van der Waals surface area (Å²) in [4.78, 5) is 6.61. The molecule has 108 valence electrons. The monoisotopic (exact) mass is 283 g/mol. The highest BCUT2D eigenvalue weighted by molar-refractivity contribution is 6.31. The van der Waals surface area contributed by atoms with E-state index in [0.717, 1.165) is 29.5 Å². The smallest absolute Gasteiger partial charge is 0.128 e. The maximum absolute atomic E-state index is 6.19. The number of anilines is 1. The summed E-state index contributed by atoms with van der Waals surface area (Å²) in [5.74, 6) is 1.00. The molecule has 0 aliphatic heterocycles. The summed E-state index contributed by atoms with van der Waals surface area (Å²) in [6, 6.07) is 2.54. The van der Waals surface area contributed by atoms with Gasteiger partial charge in [-0.15, -0.1) is 0 Å². The van der Waals surface area contributed by atoms with E-state index in [9.17, 15) is 0 Å². The van der Waals surface area contributed by atoms with Gasteiger partial charge in [0.1, 0.15) is 5.82 Å². The predicted molar refractivity (Wildman–Crippen MR) is 84.0 cm³/mol. The number of nitrogens with one attached hydrogen (secondary N) is 1. The van der Waals surface area contributed by atoms with Gasteiger partial charge in [-0.3, -0.25) is 0 Å². The zero-order valence-corrected chi connectivity index (χ0v) is 13.3. The van der Waals surface area contributed by atoms with Gasteiger partial charge in [0.05, 0.1) is 5.02 Å². The van der Waals surface area contributed by atoms with Crippen LogP contribution in [0.5, 0.6) is 0 Å². The molecule has 0 atom stereocenters. The Morgan fingerprint density at radius 1 is 1.37 bits per heavy atom. The Morgan fingerprint density at radius 2 is 2.11 bits per heavy atom. The molecule has 0 saturated carbocycles. The van der Waals surface area contributed by atoms with E-state index in [4.69, 9.17) is 11.6 Å². The van der Waals surface area contributed by atoms with Crippen molar-refractivity contribution >= 4 is 17.4 Å². The van der Waals surface area contributed by atoms with Crippen molar-refractivity contribution in [1.29, 1.82) is 0 Å². The van der Waals surface area contributed by atoms with Crippen molar-refractivity contribution in [2.45, 2.75) is 52.6 Å². The van der Waals surface area contributed by atoms with E-state index in [2.05, 4.69) is 49.1 Å². The minimum atomic E-state index is 0.454. The van der Waals surface area contributed by atoms with E-state index in [1.54, 1.807) is 6.20 Å². The number of pyridine rings is 1. The molecule has 1 rings (SSSR count). The molecule has 3 nitrogen and oxygen atoms in total. The van der Waals surface area contributed by atoms with Crippen molar-refractivity contribution in [3.8, 4) is 0 Å². The lowest BCUT2D eigenvalue weighted by Crippen LogP contribution is -2.23. The van der Waals surface area contributed by atoms with Gasteiger partial charge in [0, 0.05) is 32.4 Å². The zero-order chi connectivity index (χ0) is 14.3. The standard InChI is InChI=1S/C15H26ClN3/c1-5-6-7-8-19(4)15-9-13(10-17-12(2)3)14(16)11-18-15/h9,11-12,17H,5-8,10H2,1-4H3. The van der Waals surface area contributed by atoms with Gasteiger partial charge in [-0.1, -0.05) is 45.2 Å². The molecular weight excluding hydrogens is 258 g/mol. The Labute approximate surface area is 122 Å². The lowest BCUT2D eigenvalue weighted by atomic mass is 10.2. The van der Waals surface area contributed by atoms with Gasteiger partial charge in [0.15, 0.2) is 0 Å². The molecule has 0 fully saturated rings. The normalized spacial score (nSPS) is 11.1. The summed E-state index contributed by atoms with van der Waals surface area (Å²) in [6.07, 6.45) is 5.46. The molecule has 1 N–H and O–H groups in total. The predicted octanol–water partition coefficient (Wildman–Crippen LogP) is 3.86. The van der Waals surface area contributed by atoms with Gasteiger partial charge in [0.25, 0.3) is 0 Å². The van der Waals surface area contributed by atoms with Crippen LogP contribution in [0.4, 0.5) is 5.82 Å². The van der Waals surface area contributed by atoms with E-state index in [-0.39, 0.29) is 0 Å². The molecule has 0 aromatic carbocycles. The number of hydrogen-bond acceptors (Lipinski definition) is 3. The van der Waals surface area contributed by atoms with Crippen molar-refractivity contribution in [2.75, 3.05) is 18.5 Å².